The quantitative estimate of drug-likeness (QED) is 0.304. The molecule has 0 unspecified atom stereocenters. The van der Waals surface area contributed by atoms with E-state index in [9.17, 15) is 19.7 Å². The largest absolute Gasteiger partial charge is 0.293 e. The molecule has 6 nitrogen and oxygen atoms in total. The van der Waals surface area contributed by atoms with Gasteiger partial charge >= 0.3 is 0 Å². The summed E-state index contributed by atoms with van der Waals surface area (Å²) in [6.45, 7) is 0.117. The third kappa shape index (κ3) is 4.19. The highest BCUT2D eigenvalue weighted by molar-refractivity contribution is 9.10. The summed E-state index contributed by atoms with van der Waals surface area (Å²) in [5.74, 6) is -0.508. The van der Waals surface area contributed by atoms with Gasteiger partial charge in [-0.2, -0.15) is 0 Å². The van der Waals surface area contributed by atoms with Gasteiger partial charge in [0.1, 0.15) is 5.02 Å². The second-order valence-corrected chi connectivity index (χ2v) is 8.14. The van der Waals surface area contributed by atoms with Gasteiger partial charge < -0.3 is 0 Å². The molecule has 3 rings (SSSR count). The van der Waals surface area contributed by atoms with E-state index in [0.717, 1.165) is 26.7 Å². The SMILES string of the molecule is O=C1S/C(=C\c2c(Cl)ccc([N+](=O)[O-])c2Cl)C(=O)N1Cc1ccc(Br)cc1. The lowest BCUT2D eigenvalue weighted by atomic mass is 10.1. The van der Waals surface area contributed by atoms with E-state index in [1.54, 1.807) is 12.1 Å². The molecule has 0 aliphatic carbocycles. The van der Waals surface area contributed by atoms with Crippen LogP contribution < -0.4 is 0 Å². The summed E-state index contributed by atoms with van der Waals surface area (Å²) in [5, 5.41) is 10.6. The maximum absolute atomic E-state index is 12.6. The number of carbonyl (C=O) groups excluding carboxylic acids is 2. The van der Waals surface area contributed by atoms with E-state index in [1.165, 1.54) is 18.2 Å². The van der Waals surface area contributed by atoms with Gasteiger partial charge in [-0.3, -0.25) is 24.6 Å². The molecule has 2 aromatic carbocycles. The Kier molecular flexibility index (Phi) is 5.90. The maximum Gasteiger partial charge on any atom is 0.293 e. The minimum absolute atomic E-state index is 0.0985. The first-order valence-electron chi connectivity index (χ1n) is 7.40. The predicted molar refractivity (Wildman–Crippen MR) is 109 cm³/mol. The van der Waals surface area contributed by atoms with Crippen LogP contribution in [0.15, 0.2) is 45.8 Å². The molecule has 1 aliphatic heterocycles. The van der Waals surface area contributed by atoms with Crippen LogP contribution in [0.5, 0.6) is 0 Å². The molecule has 0 spiro atoms. The lowest BCUT2D eigenvalue weighted by Gasteiger charge is -2.12. The number of thioether (sulfide) groups is 1. The third-order valence-electron chi connectivity index (χ3n) is 3.71. The van der Waals surface area contributed by atoms with Crippen LogP contribution in [0.25, 0.3) is 6.08 Å². The zero-order valence-corrected chi connectivity index (χ0v) is 17.2. The summed E-state index contributed by atoms with van der Waals surface area (Å²) in [5.41, 5.74) is 0.580. The predicted octanol–water partition coefficient (Wildman–Crippen LogP) is 5.90. The number of nitrogens with zero attached hydrogens (tertiary/aromatic N) is 2. The molecule has 0 bridgehead atoms. The van der Waals surface area contributed by atoms with Crippen molar-refractivity contribution in [1.29, 1.82) is 0 Å². The lowest BCUT2D eigenvalue weighted by Crippen LogP contribution is -2.27. The molecule has 1 heterocycles. The Morgan fingerprint density at radius 2 is 1.81 bits per heavy atom. The molecule has 1 aliphatic rings. The van der Waals surface area contributed by atoms with E-state index in [4.69, 9.17) is 23.2 Å². The Balaban J connectivity index is 1.92. The number of hydrogen-bond acceptors (Lipinski definition) is 5. The molecular formula is C17H9BrCl2N2O4S. The van der Waals surface area contributed by atoms with Crippen LogP contribution in [0, 0.1) is 10.1 Å². The molecule has 0 radical (unpaired) electrons. The Bertz CT molecular complexity index is 995. The minimum Gasteiger partial charge on any atom is -0.268 e. The fourth-order valence-corrected chi connectivity index (χ4v) is 4.00. The average molecular weight is 488 g/mol. The second kappa shape index (κ2) is 8.02. The number of nitro benzene ring substituents is 1. The van der Waals surface area contributed by atoms with Gasteiger partial charge in [0.2, 0.25) is 0 Å². The number of amides is 2. The van der Waals surface area contributed by atoms with Gasteiger partial charge in [0.25, 0.3) is 16.8 Å². The first kappa shape index (κ1) is 19.9. The number of nitro groups is 1. The molecule has 0 atom stereocenters. The summed E-state index contributed by atoms with van der Waals surface area (Å²) in [6, 6.07) is 9.72. The summed E-state index contributed by atoms with van der Waals surface area (Å²) in [4.78, 5) is 36.5. The number of benzene rings is 2. The van der Waals surface area contributed by atoms with Crippen molar-refractivity contribution < 1.29 is 14.5 Å². The smallest absolute Gasteiger partial charge is 0.268 e. The first-order valence-corrected chi connectivity index (χ1v) is 9.76. The Morgan fingerprint density at radius 3 is 2.44 bits per heavy atom. The van der Waals surface area contributed by atoms with E-state index in [2.05, 4.69) is 15.9 Å². The van der Waals surface area contributed by atoms with E-state index in [1.807, 2.05) is 12.1 Å². The zero-order valence-electron chi connectivity index (χ0n) is 13.3. The molecule has 1 fully saturated rings. The number of imide groups is 1. The van der Waals surface area contributed by atoms with E-state index >= 15 is 0 Å². The molecule has 0 N–H and O–H groups in total. The topological polar surface area (TPSA) is 80.5 Å². The standard InChI is InChI=1S/C17H9BrCl2N2O4S/c18-10-3-1-9(2-4-10)8-21-16(23)14(27-17(21)24)7-11-12(19)5-6-13(15(11)20)22(25)26/h1-7H,8H2/b14-7-. The average Bonchev–Trinajstić information content (AvgIpc) is 2.87. The van der Waals surface area contributed by atoms with Crippen LogP contribution in [0.1, 0.15) is 11.1 Å². The summed E-state index contributed by atoms with van der Waals surface area (Å²) < 4.78 is 0.884. The van der Waals surface area contributed by atoms with Crippen LogP contribution in [0.2, 0.25) is 10.0 Å². The van der Waals surface area contributed by atoms with Crippen LogP contribution in [0.4, 0.5) is 10.5 Å². The summed E-state index contributed by atoms with van der Waals surface area (Å²) in [6.07, 6.45) is 1.31. The van der Waals surface area contributed by atoms with Crippen LogP contribution >= 0.6 is 50.9 Å². The molecule has 2 aromatic rings. The van der Waals surface area contributed by atoms with Crippen molar-refractivity contribution in [3.63, 3.8) is 0 Å². The molecular weight excluding hydrogens is 479 g/mol. The fourth-order valence-electron chi connectivity index (χ4n) is 2.37. The van der Waals surface area contributed by atoms with Crippen molar-refractivity contribution >= 4 is 73.8 Å². The zero-order chi connectivity index (χ0) is 19.7. The Labute approximate surface area is 176 Å². The van der Waals surface area contributed by atoms with Crippen LogP contribution in [-0.2, 0) is 11.3 Å². The Hall–Kier alpha value is -1.87. The van der Waals surface area contributed by atoms with Gasteiger partial charge in [-0.05, 0) is 41.6 Å². The number of hydrogen-bond donors (Lipinski definition) is 0. The van der Waals surface area contributed by atoms with Crippen LogP contribution in [0.3, 0.4) is 0 Å². The fraction of sp³-hybridized carbons (Fsp3) is 0.0588. The van der Waals surface area contributed by atoms with Crippen molar-refractivity contribution in [3.8, 4) is 0 Å². The summed E-state index contributed by atoms with van der Waals surface area (Å²) in [7, 11) is 0. The van der Waals surface area contributed by atoms with Crippen molar-refractivity contribution in [3.05, 3.63) is 77.1 Å². The number of halogens is 3. The van der Waals surface area contributed by atoms with Crippen LogP contribution in [-0.4, -0.2) is 21.0 Å². The molecule has 2 amide bonds. The van der Waals surface area contributed by atoms with Gasteiger partial charge in [-0.1, -0.05) is 51.3 Å². The molecule has 10 heteroatoms. The van der Waals surface area contributed by atoms with Crippen molar-refractivity contribution in [2.75, 3.05) is 0 Å². The molecule has 0 aromatic heterocycles. The van der Waals surface area contributed by atoms with Gasteiger partial charge in [0.15, 0.2) is 0 Å². The first-order chi connectivity index (χ1) is 12.8. The molecule has 27 heavy (non-hydrogen) atoms. The normalized spacial score (nSPS) is 15.7. The number of rotatable bonds is 4. The van der Waals surface area contributed by atoms with E-state index in [0.29, 0.717) is 0 Å². The number of carbonyl (C=O) groups is 2. The summed E-state index contributed by atoms with van der Waals surface area (Å²) >= 11 is 16.2. The Morgan fingerprint density at radius 1 is 1.15 bits per heavy atom. The monoisotopic (exact) mass is 486 g/mol. The van der Waals surface area contributed by atoms with Gasteiger partial charge in [0, 0.05) is 21.1 Å². The molecule has 0 saturated carbocycles. The van der Waals surface area contributed by atoms with Gasteiger partial charge in [0.05, 0.1) is 16.4 Å². The van der Waals surface area contributed by atoms with Crippen molar-refractivity contribution in [1.82, 2.24) is 4.90 Å². The van der Waals surface area contributed by atoms with Crippen molar-refractivity contribution in [2.24, 2.45) is 0 Å². The molecule has 1 saturated heterocycles. The minimum atomic E-state index is -0.644. The van der Waals surface area contributed by atoms with Gasteiger partial charge in [-0.25, -0.2) is 0 Å². The highest BCUT2D eigenvalue weighted by Gasteiger charge is 2.35. The second-order valence-electron chi connectivity index (χ2n) is 5.45. The highest BCUT2D eigenvalue weighted by atomic mass is 79.9. The van der Waals surface area contributed by atoms with E-state index in [-0.39, 0.29) is 32.7 Å². The lowest BCUT2D eigenvalue weighted by molar-refractivity contribution is -0.384. The maximum atomic E-state index is 12.6. The van der Waals surface area contributed by atoms with E-state index < -0.39 is 16.1 Å². The molecule has 138 valence electrons. The highest BCUT2D eigenvalue weighted by Crippen LogP contribution is 2.39. The third-order valence-corrected chi connectivity index (χ3v) is 5.87. The van der Waals surface area contributed by atoms with Crippen molar-refractivity contribution in [2.45, 2.75) is 6.54 Å². The van der Waals surface area contributed by atoms with Gasteiger partial charge in [-0.15, -0.1) is 0 Å².